The number of hydrogen-bond acceptors (Lipinski definition) is 6. The van der Waals surface area contributed by atoms with Crippen molar-refractivity contribution >= 4 is 23.2 Å². The molecular formula is C14H16N6S. The Morgan fingerprint density at radius 3 is 2.48 bits per heavy atom. The molecule has 0 atom stereocenters. The van der Waals surface area contributed by atoms with Crippen molar-refractivity contribution < 1.29 is 0 Å². The van der Waals surface area contributed by atoms with Gasteiger partial charge >= 0.3 is 0 Å². The largest absolute Gasteiger partial charge is 0.372 e. The molecule has 0 saturated heterocycles. The molecule has 3 rings (SSSR count). The summed E-state index contributed by atoms with van der Waals surface area (Å²) in [5, 5.41) is 4.54. The summed E-state index contributed by atoms with van der Waals surface area (Å²) < 4.78 is 1.94. The van der Waals surface area contributed by atoms with Gasteiger partial charge in [0.05, 0.1) is 6.20 Å². The van der Waals surface area contributed by atoms with E-state index in [0.29, 0.717) is 5.16 Å². The van der Waals surface area contributed by atoms with Crippen molar-refractivity contribution in [3.63, 3.8) is 0 Å². The van der Waals surface area contributed by atoms with Gasteiger partial charge in [0.15, 0.2) is 10.8 Å². The van der Waals surface area contributed by atoms with Crippen LogP contribution >= 0.6 is 11.8 Å². The fraction of sp³-hybridized carbons (Fsp3) is 0.286. The molecule has 0 radical (unpaired) electrons. The van der Waals surface area contributed by atoms with Crippen LogP contribution < -0.4 is 5.32 Å². The molecule has 0 fully saturated rings. The summed E-state index contributed by atoms with van der Waals surface area (Å²) in [6.45, 7) is 6.03. The van der Waals surface area contributed by atoms with E-state index in [1.807, 2.05) is 44.6 Å². The highest BCUT2D eigenvalue weighted by molar-refractivity contribution is 7.99. The Labute approximate surface area is 127 Å². The Balaban J connectivity index is 2.07. The van der Waals surface area contributed by atoms with Crippen molar-refractivity contribution in [2.45, 2.75) is 31.0 Å². The molecule has 6 nitrogen and oxygen atoms in total. The average Bonchev–Trinajstić information content (AvgIpc) is 2.93. The molecule has 3 aromatic rings. The third kappa shape index (κ3) is 2.56. The summed E-state index contributed by atoms with van der Waals surface area (Å²) in [6, 6.07) is 0. The van der Waals surface area contributed by atoms with Gasteiger partial charge in [0.25, 0.3) is 0 Å². The summed E-state index contributed by atoms with van der Waals surface area (Å²) in [6.07, 6.45) is 5.56. The predicted molar refractivity (Wildman–Crippen MR) is 82.9 cm³/mol. The quantitative estimate of drug-likeness (QED) is 0.750. The number of aryl methyl sites for hydroxylation is 2. The Morgan fingerprint density at radius 2 is 1.81 bits per heavy atom. The SMILES string of the molecule is CNc1cn2ccnc2c(Sc2nc(C)c(C)c(C)n2)n1. The van der Waals surface area contributed by atoms with Crippen LogP contribution in [0.5, 0.6) is 0 Å². The lowest BCUT2D eigenvalue weighted by atomic mass is 10.2. The minimum Gasteiger partial charge on any atom is -0.372 e. The molecule has 108 valence electrons. The molecule has 21 heavy (non-hydrogen) atoms. The van der Waals surface area contributed by atoms with Crippen molar-refractivity contribution in [1.29, 1.82) is 0 Å². The zero-order valence-electron chi connectivity index (χ0n) is 12.4. The first-order chi connectivity index (χ1) is 10.1. The van der Waals surface area contributed by atoms with Crippen LogP contribution in [-0.2, 0) is 0 Å². The first-order valence-electron chi connectivity index (χ1n) is 6.59. The second-order valence-electron chi connectivity index (χ2n) is 4.74. The van der Waals surface area contributed by atoms with E-state index < -0.39 is 0 Å². The molecule has 0 aliphatic carbocycles. The van der Waals surface area contributed by atoms with E-state index in [4.69, 9.17) is 0 Å². The van der Waals surface area contributed by atoms with Crippen molar-refractivity contribution in [3.05, 3.63) is 35.5 Å². The first-order valence-corrected chi connectivity index (χ1v) is 7.41. The van der Waals surface area contributed by atoms with Gasteiger partial charge in [0.1, 0.15) is 10.8 Å². The van der Waals surface area contributed by atoms with Crippen LogP contribution in [0.4, 0.5) is 5.82 Å². The predicted octanol–water partition coefficient (Wildman–Crippen LogP) is 2.64. The van der Waals surface area contributed by atoms with Crippen molar-refractivity contribution in [2.75, 3.05) is 12.4 Å². The number of anilines is 1. The Morgan fingerprint density at radius 1 is 1.10 bits per heavy atom. The van der Waals surface area contributed by atoms with Crippen molar-refractivity contribution in [2.24, 2.45) is 0 Å². The molecule has 7 heteroatoms. The van der Waals surface area contributed by atoms with Gasteiger partial charge in [0, 0.05) is 30.8 Å². The maximum Gasteiger partial charge on any atom is 0.194 e. The maximum atomic E-state index is 4.56. The molecule has 0 amide bonds. The van der Waals surface area contributed by atoms with Crippen LogP contribution in [0.3, 0.4) is 0 Å². The zero-order valence-corrected chi connectivity index (χ0v) is 13.2. The lowest BCUT2D eigenvalue weighted by molar-refractivity contribution is 0.877. The molecule has 0 spiro atoms. The van der Waals surface area contributed by atoms with Crippen LogP contribution in [0, 0.1) is 20.8 Å². The average molecular weight is 300 g/mol. The molecule has 3 aromatic heterocycles. The van der Waals surface area contributed by atoms with Gasteiger partial charge in [-0.3, -0.25) is 0 Å². The minimum atomic E-state index is 0.696. The molecule has 0 aromatic carbocycles. The first kappa shape index (κ1) is 13.8. The zero-order chi connectivity index (χ0) is 15.0. The summed E-state index contributed by atoms with van der Waals surface area (Å²) in [4.78, 5) is 18.0. The molecule has 0 aliphatic rings. The van der Waals surface area contributed by atoms with E-state index in [2.05, 4.69) is 25.3 Å². The molecule has 3 heterocycles. The highest BCUT2D eigenvalue weighted by Crippen LogP contribution is 2.28. The van der Waals surface area contributed by atoms with E-state index in [-0.39, 0.29) is 0 Å². The van der Waals surface area contributed by atoms with Gasteiger partial charge in [-0.25, -0.2) is 19.9 Å². The summed E-state index contributed by atoms with van der Waals surface area (Å²) in [5.41, 5.74) is 3.92. The minimum absolute atomic E-state index is 0.696. The third-order valence-electron chi connectivity index (χ3n) is 3.40. The lowest BCUT2D eigenvalue weighted by Gasteiger charge is -2.08. The van der Waals surface area contributed by atoms with Crippen LogP contribution in [0.15, 0.2) is 28.8 Å². The maximum absolute atomic E-state index is 4.56. The standard InChI is InChI=1S/C14H16N6S/c1-8-9(2)17-14(18-10(8)3)21-13-12-16-5-6-20(12)7-11(15-4)19-13/h5-7,15H,1-4H3. The molecule has 0 aliphatic heterocycles. The third-order valence-corrected chi connectivity index (χ3v) is 4.23. The molecule has 0 saturated carbocycles. The number of rotatable bonds is 3. The summed E-state index contributed by atoms with van der Waals surface area (Å²) in [5.74, 6) is 0.781. The molecular weight excluding hydrogens is 284 g/mol. The number of hydrogen-bond donors (Lipinski definition) is 1. The number of fused-ring (bicyclic) bond motifs is 1. The molecule has 0 unspecified atom stereocenters. The van der Waals surface area contributed by atoms with Crippen LogP contribution in [0.1, 0.15) is 17.0 Å². The topological polar surface area (TPSA) is 68.0 Å². The van der Waals surface area contributed by atoms with E-state index in [1.54, 1.807) is 6.20 Å². The Hall–Kier alpha value is -2.15. The fourth-order valence-electron chi connectivity index (χ4n) is 1.97. The normalized spacial score (nSPS) is 11.0. The lowest BCUT2D eigenvalue weighted by Crippen LogP contribution is -2.01. The van der Waals surface area contributed by atoms with Gasteiger partial charge < -0.3 is 9.72 Å². The van der Waals surface area contributed by atoms with Gasteiger partial charge in [-0.05, 0) is 38.1 Å². The number of imidazole rings is 1. The van der Waals surface area contributed by atoms with E-state index in [0.717, 1.165) is 33.4 Å². The number of aromatic nitrogens is 5. The highest BCUT2D eigenvalue weighted by atomic mass is 32.2. The summed E-state index contributed by atoms with van der Waals surface area (Å²) >= 11 is 1.43. The van der Waals surface area contributed by atoms with Crippen molar-refractivity contribution in [3.8, 4) is 0 Å². The summed E-state index contributed by atoms with van der Waals surface area (Å²) in [7, 11) is 1.84. The van der Waals surface area contributed by atoms with Gasteiger partial charge in [-0.1, -0.05) is 0 Å². The monoisotopic (exact) mass is 300 g/mol. The Bertz CT molecular complexity index is 787. The number of nitrogens with one attached hydrogen (secondary N) is 1. The molecule has 1 N–H and O–H groups in total. The number of nitrogens with zero attached hydrogens (tertiary/aromatic N) is 5. The highest BCUT2D eigenvalue weighted by Gasteiger charge is 2.12. The van der Waals surface area contributed by atoms with E-state index in [1.165, 1.54) is 11.8 Å². The second-order valence-corrected chi connectivity index (χ2v) is 5.70. The van der Waals surface area contributed by atoms with E-state index in [9.17, 15) is 0 Å². The van der Waals surface area contributed by atoms with Gasteiger partial charge in [-0.15, -0.1) is 0 Å². The van der Waals surface area contributed by atoms with Crippen molar-refractivity contribution in [1.82, 2.24) is 24.3 Å². The fourth-order valence-corrected chi connectivity index (χ4v) is 2.90. The van der Waals surface area contributed by atoms with Crippen LogP contribution in [-0.4, -0.2) is 31.4 Å². The Kier molecular flexibility index (Phi) is 3.50. The van der Waals surface area contributed by atoms with E-state index >= 15 is 0 Å². The smallest absolute Gasteiger partial charge is 0.194 e. The van der Waals surface area contributed by atoms with Gasteiger partial charge in [0.2, 0.25) is 0 Å². The van der Waals surface area contributed by atoms with Crippen LogP contribution in [0.2, 0.25) is 0 Å². The van der Waals surface area contributed by atoms with Crippen LogP contribution in [0.25, 0.3) is 5.65 Å². The second kappa shape index (κ2) is 5.33. The molecule has 0 bridgehead atoms. The van der Waals surface area contributed by atoms with Gasteiger partial charge in [-0.2, -0.15) is 0 Å².